The van der Waals surface area contributed by atoms with Crippen LogP contribution in [0.15, 0.2) is 18.6 Å². The lowest BCUT2D eigenvalue weighted by molar-refractivity contribution is -0.145. The van der Waals surface area contributed by atoms with Gasteiger partial charge >= 0.3 is 0 Å². The third kappa shape index (κ3) is 9.01. The molecule has 3 aliphatic carbocycles. The second kappa shape index (κ2) is 16.6. The van der Waals surface area contributed by atoms with E-state index in [1.54, 1.807) is 4.90 Å². The topological polar surface area (TPSA) is 162 Å². The minimum Gasteiger partial charge on any atom is -0.353 e. The number of aromatic nitrogens is 2. The fourth-order valence-electron chi connectivity index (χ4n) is 8.55. The van der Waals surface area contributed by atoms with Crippen molar-refractivity contribution in [3.63, 3.8) is 0 Å². The van der Waals surface area contributed by atoms with Gasteiger partial charge in [0.2, 0.25) is 23.6 Å². The number of fused-ring (bicyclic) bond motifs is 1. The van der Waals surface area contributed by atoms with Crippen LogP contribution < -0.4 is 21.3 Å². The van der Waals surface area contributed by atoms with Crippen LogP contribution in [0.25, 0.3) is 0 Å². The van der Waals surface area contributed by atoms with Gasteiger partial charge in [0.05, 0.1) is 12.1 Å². The first kappa shape index (κ1) is 37.7. The number of carbonyl (C=O) groups excluding carboxylic acids is 5. The van der Waals surface area contributed by atoms with Crippen LogP contribution in [-0.2, 0) is 19.2 Å². The van der Waals surface area contributed by atoms with E-state index < -0.39 is 35.4 Å². The summed E-state index contributed by atoms with van der Waals surface area (Å²) < 4.78 is 0. The molecule has 1 aromatic rings. The summed E-state index contributed by atoms with van der Waals surface area (Å²) in [6.07, 6.45) is 15.8. The summed E-state index contributed by atoms with van der Waals surface area (Å²) in [4.78, 5) is 79.5. The highest BCUT2D eigenvalue weighted by Crippen LogP contribution is 2.43. The lowest BCUT2D eigenvalue weighted by atomic mass is 9.82. The summed E-state index contributed by atoms with van der Waals surface area (Å²) >= 11 is 0. The second-order valence-electron chi connectivity index (χ2n) is 16.2. The smallest absolute Gasteiger partial charge is 0.272 e. The summed E-state index contributed by atoms with van der Waals surface area (Å²) in [5.74, 6) is -1.59. The van der Waals surface area contributed by atoms with E-state index in [-0.39, 0.29) is 59.2 Å². The molecule has 1 aliphatic heterocycles. The van der Waals surface area contributed by atoms with Crippen molar-refractivity contribution >= 4 is 29.5 Å². The molecule has 12 heteroatoms. The first-order valence-electron chi connectivity index (χ1n) is 19.2. The number of likely N-dealkylation sites (tertiary alicyclic amines) is 1. The van der Waals surface area contributed by atoms with Crippen molar-refractivity contribution in [3.8, 4) is 0 Å². The summed E-state index contributed by atoms with van der Waals surface area (Å²) in [7, 11) is 0. The Bertz CT molecular complexity index is 1360. The van der Waals surface area contributed by atoms with Crippen molar-refractivity contribution in [1.82, 2.24) is 36.1 Å². The molecule has 4 aliphatic rings. The molecule has 5 amide bonds. The molecular formula is C38H59N7O5. The average Bonchev–Trinajstić information content (AvgIpc) is 3.66. The van der Waals surface area contributed by atoms with Gasteiger partial charge in [0, 0.05) is 31.0 Å². The normalized spacial score (nSPS) is 24.7. The fourth-order valence-corrected chi connectivity index (χ4v) is 8.55. The van der Waals surface area contributed by atoms with Gasteiger partial charge in [-0.3, -0.25) is 29.0 Å². The average molecular weight is 694 g/mol. The molecule has 0 radical (unpaired) electrons. The Labute approximate surface area is 297 Å². The molecule has 0 aromatic carbocycles. The van der Waals surface area contributed by atoms with Gasteiger partial charge in [0.15, 0.2) is 0 Å². The summed E-state index contributed by atoms with van der Waals surface area (Å²) in [6.45, 7) is 10.2. The molecule has 0 spiro atoms. The first-order valence-corrected chi connectivity index (χ1v) is 19.2. The van der Waals surface area contributed by atoms with Gasteiger partial charge in [0.1, 0.15) is 23.8 Å². The van der Waals surface area contributed by atoms with Gasteiger partial charge in [-0.1, -0.05) is 66.7 Å². The highest BCUT2D eigenvalue weighted by Gasteiger charge is 2.52. The Balaban J connectivity index is 1.36. The fraction of sp³-hybridized carbons (Fsp3) is 0.763. The van der Waals surface area contributed by atoms with Crippen LogP contribution in [0.5, 0.6) is 0 Å². The minimum absolute atomic E-state index is 0.0127. The highest BCUT2D eigenvalue weighted by molar-refractivity contribution is 5.98. The molecule has 50 heavy (non-hydrogen) atoms. The zero-order valence-electron chi connectivity index (χ0n) is 30.7. The van der Waals surface area contributed by atoms with Gasteiger partial charge < -0.3 is 26.2 Å². The van der Waals surface area contributed by atoms with E-state index in [1.807, 2.05) is 27.7 Å². The molecule has 7 unspecified atom stereocenters. The number of hydrogen-bond donors (Lipinski definition) is 4. The molecule has 5 rings (SSSR count). The van der Waals surface area contributed by atoms with E-state index in [0.717, 1.165) is 70.6 Å². The van der Waals surface area contributed by atoms with E-state index in [4.69, 9.17) is 0 Å². The molecule has 4 fully saturated rings. The zero-order chi connectivity index (χ0) is 36.0. The molecular weight excluding hydrogens is 634 g/mol. The maximum atomic E-state index is 14.7. The van der Waals surface area contributed by atoms with Crippen LogP contribution in [-0.4, -0.2) is 81.2 Å². The van der Waals surface area contributed by atoms with Crippen LogP contribution in [0.4, 0.5) is 0 Å². The summed E-state index contributed by atoms with van der Waals surface area (Å²) in [5.41, 5.74) is -0.560. The zero-order valence-corrected chi connectivity index (χ0v) is 30.7. The maximum Gasteiger partial charge on any atom is 0.272 e. The van der Waals surface area contributed by atoms with Crippen molar-refractivity contribution in [2.24, 2.45) is 29.1 Å². The molecule has 0 bridgehead atoms. The van der Waals surface area contributed by atoms with Crippen LogP contribution in [0.3, 0.4) is 0 Å². The van der Waals surface area contributed by atoms with Gasteiger partial charge in [-0.2, -0.15) is 0 Å². The predicted octanol–water partition coefficient (Wildman–Crippen LogP) is 3.90. The second-order valence-corrected chi connectivity index (χ2v) is 16.2. The number of carbonyl (C=O) groups is 5. The van der Waals surface area contributed by atoms with E-state index in [9.17, 15) is 24.0 Å². The van der Waals surface area contributed by atoms with E-state index in [0.29, 0.717) is 19.4 Å². The Morgan fingerprint density at radius 1 is 0.880 bits per heavy atom. The molecule has 4 N–H and O–H groups in total. The van der Waals surface area contributed by atoms with Crippen LogP contribution in [0.1, 0.15) is 129 Å². The van der Waals surface area contributed by atoms with Crippen LogP contribution >= 0.6 is 0 Å². The monoisotopic (exact) mass is 693 g/mol. The molecule has 3 saturated carbocycles. The van der Waals surface area contributed by atoms with Crippen molar-refractivity contribution < 1.29 is 24.0 Å². The van der Waals surface area contributed by atoms with Gasteiger partial charge in [-0.25, -0.2) is 4.98 Å². The number of hydrogen-bond acceptors (Lipinski definition) is 7. The molecule has 1 aromatic heterocycles. The molecule has 2 heterocycles. The van der Waals surface area contributed by atoms with Crippen molar-refractivity contribution in [1.29, 1.82) is 0 Å². The minimum atomic E-state index is -0.928. The molecule has 12 nitrogen and oxygen atoms in total. The van der Waals surface area contributed by atoms with Crippen molar-refractivity contribution in [3.05, 3.63) is 24.3 Å². The summed E-state index contributed by atoms with van der Waals surface area (Å²) in [5, 5.41) is 12.4. The number of amides is 5. The Kier molecular flexibility index (Phi) is 12.5. The predicted molar refractivity (Wildman–Crippen MR) is 189 cm³/mol. The third-order valence-corrected chi connectivity index (χ3v) is 11.4. The first-order chi connectivity index (χ1) is 23.9. The number of rotatable bonds is 14. The lowest BCUT2D eigenvalue weighted by Crippen LogP contribution is -2.62. The number of nitrogens with zero attached hydrogens (tertiary/aromatic N) is 3. The Hall–Kier alpha value is -3.57. The van der Waals surface area contributed by atoms with Crippen molar-refractivity contribution in [2.75, 3.05) is 6.54 Å². The van der Waals surface area contributed by atoms with Crippen molar-refractivity contribution in [2.45, 2.75) is 148 Å². The van der Waals surface area contributed by atoms with E-state index in [2.05, 4.69) is 38.2 Å². The van der Waals surface area contributed by atoms with Gasteiger partial charge in [-0.05, 0) is 74.5 Å². The third-order valence-electron chi connectivity index (χ3n) is 11.4. The lowest BCUT2D eigenvalue weighted by Gasteiger charge is -2.38. The largest absolute Gasteiger partial charge is 0.353 e. The molecule has 7 atom stereocenters. The molecule has 276 valence electrons. The van der Waals surface area contributed by atoms with E-state index in [1.165, 1.54) is 18.6 Å². The van der Waals surface area contributed by atoms with Gasteiger partial charge in [0.25, 0.3) is 5.91 Å². The quantitative estimate of drug-likeness (QED) is 0.230. The van der Waals surface area contributed by atoms with Crippen LogP contribution in [0.2, 0.25) is 0 Å². The highest BCUT2D eigenvalue weighted by atomic mass is 16.2. The van der Waals surface area contributed by atoms with Crippen LogP contribution in [0, 0.1) is 29.1 Å². The summed E-state index contributed by atoms with van der Waals surface area (Å²) in [6, 6.07) is -2.55. The molecule has 1 saturated heterocycles. The standard InChI is InChI=1S/C38H59N7O5/c1-6-12-28(26(7-2)33(46)41-25-17-18-25)42-36(49)31-27-16-11-15-24(27)22-45(31)37(50)32(38(3,4)5)44-35(48)30(23-13-9-8-10-14-23)43-34(47)29-21-39-19-20-40-29/h19-21,23-28,30-32H,6-18,22H2,1-5H3,(H,41,46)(H,42,49)(H,43,47)(H,44,48). The maximum absolute atomic E-state index is 14.7. The number of nitrogens with one attached hydrogen (secondary N) is 4. The van der Waals surface area contributed by atoms with E-state index >= 15 is 0 Å². The van der Waals surface area contributed by atoms with Gasteiger partial charge in [-0.15, -0.1) is 0 Å². The SMILES string of the molecule is CCCC(NC(=O)C1C2CCCC2CN1C(=O)C(NC(=O)C(NC(=O)c1cnccn1)C1CCCCC1)C(C)(C)C)C(CC)C(=O)NC1CC1. The Morgan fingerprint density at radius 3 is 2.24 bits per heavy atom. The Morgan fingerprint density at radius 2 is 1.62 bits per heavy atom.